The molecule has 0 saturated carbocycles. The van der Waals surface area contributed by atoms with Crippen LogP contribution < -0.4 is 5.32 Å². The van der Waals surface area contributed by atoms with Crippen LogP contribution in [0.15, 0.2) is 54.6 Å². The van der Waals surface area contributed by atoms with Crippen molar-refractivity contribution in [2.45, 2.75) is 0 Å². The molecule has 4 rings (SSSR count). The molecule has 0 spiro atoms. The van der Waals surface area contributed by atoms with Crippen LogP contribution in [-0.2, 0) is 0 Å². The normalized spacial score (nSPS) is 12.3. The molecule has 1 aliphatic carbocycles. The Labute approximate surface area is 157 Å². The van der Waals surface area contributed by atoms with Crippen LogP contribution in [0.4, 0.5) is 17.1 Å². The summed E-state index contributed by atoms with van der Waals surface area (Å²) in [4.78, 5) is 36.7. The average molecular weight is 376 g/mol. The van der Waals surface area contributed by atoms with E-state index in [-0.39, 0.29) is 33.6 Å². The third-order valence-corrected chi connectivity index (χ3v) is 4.49. The molecule has 3 aromatic carbocycles. The minimum atomic E-state index is -0.780. The Bertz CT molecular complexity index is 1170. The molecule has 8 heteroatoms. The van der Waals surface area contributed by atoms with Crippen molar-refractivity contribution < 1.29 is 24.7 Å². The van der Waals surface area contributed by atoms with E-state index in [1.165, 1.54) is 12.1 Å². The van der Waals surface area contributed by atoms with E-state index in [0.717, 1.165) is 12.1 Å². The summed E-state index contributed by atoms with van der Waals surface area (Å²) in [5.74, 6) is -2.66. The number of nitrogens with one attached hydrogen (secondary N) is 1. The van der Waals surface area contributed by atoms with Crippen LogP contribution >= 0.6 is 0 Å². The number of carbonyl (C=O) groups excluding carboxylic acids is 2. The third kappa shape index (κ3) is 2.55. The van der Waals surface area contributed by atoms with Gasteiger partial charge < -0.3 is 15.5 Å². The smallest absolute Gasteiger partial charge is 0.272 e. The maximum Gasteiger partial charge on any atom is 0.272 e. The Morgan fingerprint density at radius 3 is 2.21 bits per heavy atom. The lowest BCUT2D eigenvalue weighted by Gasteiger charge is -2.21. The molecule has 0 heterocycles. The van der Waals surface area contributed by atoms with Gasteiger partial charge in [-0.25, -0.2) is 0 Å². The Kier molecular flexibility index (Phi) is 3.82. The van der Waals surface area contributed by atoms with Gasteiger partial charge in [-0.15, -0.1) is 0 Å². The third-order valence-electron chi connectivity index (χ3n) is 4.49. The van der Waals surface area contributed by atoms with E-state index in [9.17, 15) is 29.9 Å². The highest BCUT2D eigenvalue weighted by Gasteiger charge is 2.36. The Hall–Kier alpha value is -4.20. The second kappa shape index (κ2) is 6.20. The van der Waals surface area contributed by atoms with E-state index in [1.807, 2.05) is 0 Å². The Morgan fingerprint density at radius 2 is 1.54 bits per heavy atom. The Morgan fingerprint density at radius 1 is 0.857 bits per heavy atom. The lowest BCUT2D eigenvalue weighted by molar-refractivity contribution is -0.384. The van der Waals surface area contributed by atoms with Crippen molar-refractivity contribution in [1.29, 1.82) is 0 Å². The number of rotatable bonds is 3. The SMILES string of the molecule is O=C1c2ccc(O)c(O)c2C(=O)c2cc([N+](=O)[O-])cc(Nc3ccccc3)c21. The number of nitro groups is 1. The van der Waals surface area contributed by atoms with Gasteiger partial charge in [0.05, 0.1) is 21.7 Å². The molecule has 0 saturated heterocycles. The maximum atomic E-state index is 13.1. The molecule has 0 radical (unpaired) electrons. The molecule has 3 N–H and O–H groups in total. The second-order valence-corrected chi connectivity index (χ2v) is 6.18. The first-order valence-electron chi connectivity index (χ1n) is 8.17. The molecule has 8 nitrogen and oxygen atoms in total. The molecule has 0 aliphatic heterocycles. The first-order chi connectivity index (χ1) is 13.4. The zero-order valence-corrected chi connectivity index (χ0v) is 14.2. The molecule has 0 aromatic heterocycles. The molecule has 0 amide bonds. The summed E-state index contributed by atoms with van der Waals surface area (Å²) in [6.45, 7) is 0. The topological polar surface area (TPSA) is 130 Å². The number of benzene rings is 3. The molecular formula is C20H12N2O6. The van der Waals surface area contributed by atoms with E-state index in [1.54, 1.807) is 30.3 Å². The number of non-ortho nitro benzene ring substituents is 1. The number of aromatic hydroxyl groups is 2. The van der Waals surface area contributed by atoms with Gasteiger partial charge in [0.15, 0.2) is 23.1 Å². The number of carbonyl (C=O) groups is 2. The molecule has 0 fully saturated rings. The van der Waals surface area contributed by atoms with E-state index in [4.69, 9.17) is 0 Å². The van der Waals surface area contributed by atoms with Gasteiger partial charge >= 0.3 is 0 Å². The number of nitrogens with zero attached hydrogens (tertiary/aromatic N) is 1. The second-order valence-electron chi connectivity index (χ2n) is 6.18. The van der Waals surface area contributed by atoms with Crippen molar-refractivity contribution in [1.82, 2.24) is 0 Å². The minimum absolute atomic E-state index is 0.0305. The van der Waals surface area contributed by atoms with Gasteiger partial charge in [0.1, 0.15) is 0 Å². The number of nitro benzene ring substituents is 1. The molecule has 0 bridgehead atoms. The van der Waals surface area contributed by atoms with Gasteiger partial charge in [-0.3, -0.25) is 19.7 Å². The van der Waals surface area contributed by atoms with Crippen molar-refractivity contribution in [3.05, 3.63) is 87.0 Å². The summed E-state index contributed by atoms with van der Waals surface area (Å²) >= 11 is 0. The van der Waals surface area contributed by atoms with Crippen molar-refractivity contribution in [2.24, 2.45) is 0 Å². The van der Waals surface area contributed by atoms with Crippen LogP contribution in [0.3, 0.4) is 0 Å². The van der Waals surface area contributed by atoms with Gasteiger partial charge in [0, 0.05) is 28.9 Å². The van der Waals surface area contributed by atoms with Crippen LogP contribution in [0.25, 0.3) is 0 Å². The molecule has 28 heavy (non-hydrogen) atoms. The molecule has 1 aliphatic rings. The number of fused-ring (bicyclic) bond motifs is 2. The number of para-hydroxylation sites is 1. The molecule has 138 valence electrons. The van der Waals surface area contributed by atoms with E-state index in [0.29, 0.717) is 5.69 Å². The summed E-state index contributed by atoms with van der Waals surface area (Å²) < 4.78 is 0. The number of anilines is 2. The summed E-state index contributed by atoms with van der Waals surface area (Å²) in [6, 6.07) is 13.2. The predicted molar refractivity (Wildman–Crippen MR) is 99.5 cm³/mol. The van der Waals surface area contributed by atoms with Crippen LogP contribution in [0.5, 0.6) is 11.5 Å². The summed E-state index contributed by atoms with van der Waals surface area (Å²) in [5, 5.41) is 34.0. The lowest BCUT2D eigenvalue weighted by Crippen LogP contribution is -2.22. The molecular weight excluding hydrogens is 364 g/mol. The number of hydrogen-bond donors (Lipinski definition) is 3. The monoisotopic (exact) mass is 376 g/mol. The number of hydrogen-bond acceptors (Lipinski definition) is 7. The minimum Gasteiger partial charge on any atom is -0.504 e. The quantitative estimate of drug-likeness (QED) is 0.283. The number of phenols is 2. The fraction of sp³-hybridized carbons (Fsp3) is 0. The van der Waals surface area contributed by atoms with Gasteiger partial charge in [-0.1, -0.05) is 18.2 Å². The zero-order chi connectivity index (χ0) is 20.0. The van der Waals surface area contributed by atoms with E-state index >= 15 is 0 Å². The molecule has 0 atom stereocenters. The van der Waals surface area contributed by atoms with E-state index in [2.05, 4.69) is 5.32 Å². The van der Waals surface area contributed by atoms with Crippen molar-refractivity contribution in [3.8, 4) is 11.5 Å². The molecule has 3 aromatic rings. The largest absolute Gasteiger partial charge is 0.504 e. The maximum absolute atomic E-state index is 13.1. The highest BCUT2D eigenvalue weighted by Crippen LogP contribution is 2.41. The summed E-state index contributed by atoms with van der Waals surface area (Å²) in [7, 11) is 0. The Balaban J connectivity index is 1.97. The van der Waals surface area contributed by atoms with Crippen molar-refractivity contribution >= 4 is 28.6 Å². The van der Waals surface area contributed by atoms with Gasteiger partial charge in [0.25, 0.3) is 5.69 Å². The average Bonchev–Trinajstić information content (AvgIpc) is 2.68. The van der Waals surface area contributed by atoms with Crippen LogP contribution in [0.1, 0.15) is 31.8 Å². The first-order valence-corrected chi connectivity index (χ1v) is 8.17. The number of ketones is 2. The van der Waals surface area contributed by atoms with Gasteiger partial charge in [0.2, 0.25) is 0 Å². The first kappa shape index (κ1) is 17.2. The highest BCUT2D eigenvalue weighted by atomic mass is 16.6. The zero-order valence-electron chi connectivity index (χ0n) is 14.2. The van der Waals surface area contributed by atoms with Crippen molar-refractivity contribution in [3.63, 3.8) is 0 Å². The standard InChI is InChI=1S/C20H12N2O6/c23-15-7-6-12-17(20(15)26)19(25)13-8-11(22(27)28)9-14(16(13)18(12)24)21-10-4-2-1-3-5-10/h1-9,21,23,26H. The lowest BCUT2D eigenvalue weighted by atomic mass is 9.82. The van der Waals surface area contributed by atoms with Gasteiger partial charge in [-0.2, -0.15) is 0 Å². The fourth-order valence-electron chi connectivity index (χ4n) is 3.20. The van der Waals surface area contributed by atoms with Gasteiger partial charge in [-0.05, 0) is 24.3 Å². The summed E-state index contributed by atoms with van der Waals surface area (Å²) in [6.07, 6.45) is 0. The number of phenolic OH excluding ortho intramolecular Hbond substituents is 2. The fourth-order valence-corrected chi connectivity index (χ4v) is 3.20. The van der Waals surface area contributed by atoms with Crippen LogP contribution in [0, 0.1) is 10.1 Å². The van der Waals surface area contributed by atoms with E-state index < -0.39 is 28.0 Å². The highest BCUT2D eigenvalue weighted by molar-refractivity contribution is 6.31. The summed E-state index contributed by atoms with van der Waals surface area (Å²) in [5.41, 5.74) is -0.414. The van der Waals surface area contributed by atoms with Crippen molar-refractivity contribution in [2.75, 3.05) is 5.32 Å². The predicted octanol–water partition coefficient (Wildman–Crippen LogP) is 3.53. The molecule has 0 unspecified atom stereocenters. The van der Waals surface area contributed by atoms with Crippen LogP contribution in [0.2, 0.25) is 0 Å². The van der Waals surface area contributed by atoms with Crippen LogP contribution in [-0.4, -0.2) is 26.7 Å².